The highest BCUT2D eigenvalue weighted by molar-refractivity contribution is 5.90. The number of esters is 1. The van der Waals surface area contributed by atoms with E-state index < -0.39 is 5.97 Å². The topological polar surface area (TPSA) is 75.9 Å². The van der Waals surface area contributed by atoms with Crippen molar-refractivity contribution in [2.45, 2.75) is 44.3 Å². The van der Waals surface area contributed by atoms with Gasteiger partial charge in [0.25, 0.3) is 0 Å². The number of hydrogen-bond donors (Lipinski definition) is 0. The Hall–Kier alpha value is -3.22. The second-order valence-corrected chi connectivity index (χ2v) is 8.57. The average Bonchev–Trinajstić information content (AvgIpc) is 3.03. The molecule has 7 heteroatoms. The van der Waals surface area contributed by atoms with Crippen LogP contribution in [0.5, 0.6) is 5.75 Å². The van der Waals surface area contributed by atoms with Crippen LogP contribution in [-0.2, 0) is 16.1 Å². The van der Waals surface area contributed by atoms with Gasteiger partial charge in [-0.1, -0.05) is 36.4 Å². The van der Waals surface area contributed by atoms with Crippen LogP contribution in [-0.4, -0.2) is 48.3 Å². The first kappa shape index (κ1) is 22.0. The molecule has 0 bridgehead atoms. The maximum Gasteiger partial charge on any atom is 0.337 e. The molecule has 0 spiro atoms. The Labute approximate surface area is 187 Å². The summed E-state index contributed by atoms with van der Waals surface area (Å²) in [7, 11) is 2.91. The molecule has 1 aliphatic carbocycles. The number of ether oxygens (including phenoxy) is 2. The number of carbonyl (C=O) groups is 2. The van der Waals surface area contributed by atoms with Gasteiger partial charge in [-0.15, -0.1) is 0 Å². The number of methoxy groups -OCH3 is 1. The van der Waals surface area contributed by atoms with Crippen LogP contribution in [0, 0.1) is 10.8 Å². The number of benzene rings is 2. The molecule has 1 amide bonds. The maximum atomic E-state index is 13.7. The summed E-state index contributed by atoms with van der Waals surface area (Å²) >= 11 is 0. The maximum absolute atomic E-state index is 13.7. The zero-order valence-electron chi connectivity index (χ0n) is 18.5. The second kappa shape index (κ2) is 9.51. The molecule has 2 aromatic rings. The average molecular weight is 438 g/mol. The van der Waals surface area contributed by atoms with E-state index in [4.69, 9.17) is 9.47 Å². The molecular weight excluding hydrogens is 408 g/mol. The fraction of sp³-hybridized carbons (Fsp3) is 0.440. The van der Waals surface area contributed by atoms with Gasteiger partial charge in [-0.3, -0.25) is 4.79 Å². The van der Waals surface area contributed by atoms with Gasteiger partial charge in [0.05, 0.1) is 25.3 Å². The number of nitroso groups, excluding NO2 is 1. The van der Waals surface area contributed by atoms with Crippen LogP contribution in [0.1, 0.15) is 53.2 Å². The van der Waals surface area contributed by atoms with Crippen LogP contribution in [0.3, 0.4) is 0 Å². The summed E-state index contributed by atoms with van der Waals surface area (Å²) in [5.41, 5.74) is 2.29. The normalized spacial score (nSPS) is 22.8. The first-order chi connectivity index (χ1) is 15.5. The molecule has 2 aliphatic rings. The lowest BCUT2D eigenvalue weighted by molar-refractivity contribution is -0.562. The van der Waals surface area contributed by atoms with Crippen molar-refractivity contribution >= 4 is 11.9 Å². The van der Waals surface area contributed by atoms with Crippen molar-refractivity contribution in [3.8, 4) is 5.75 Å². The smallest absolute Gasteiger partial charge is 0.337 e. The van der Waals surface area contributed by atoms with Gasteiger partial charge < -0.3 is 14.4 Å². The molecule has 1 atom stereocenters. The van der Waals surface area contributed by atoms with Crippen LogP contribution >= 0.6 is 0 Å². The van der Waals surface area contributed by atoms with Crippen LogP contribution in [0.2, 0.25) is 0 Å². The number of nitrogens with zero attached hydrogens (tertiary/aromatic N) is 2. The Balaban J connectivity index is 1.63. The number of fused-ring (bicyclic) bond motifs is 1. The Bertz CT molecular complexity index is 999. The van der Waals surface area contributed by atoms with E-state index in [-0.39, 0.29) is 23.9 Å². The minimum atomic E-state index is -0.423. The summed E-state index contributed by atoms with van der Waals surface area (Å²) < 4.78 is 12.0. The number of hydrogen-bond acceptors (Lipinski definition) is 5. The first-order valence-electron chi connectivity index (χ1n) is 11.1. The van der Waals surface area contributed by atoms with Crippen molar-refractivity contribution in [1.29, 1.82) is 0 Å². The third-order valence-electron chi connectivity index (χ3n) is 6.63. The molecule has 1 fully saturated rings. The molecular formula is C25H29N2O5+. The molecule has 2 aromatic carbocycles. The summed E-state index contributed by atoms with van der Waals surface area (Å²) in [5.74, 6) is 0.168. The molecule has 32 heavy (non-hydrogen) atoms. The van der Waals surface area contributed by atoms with Gasteiger partial charge in [-0.2, -0.15) is 0 Å². The first-order valence-corrected chi connectivity index (χ1v) is 11.1. The predicted molar refractivity (Wildman–Crippen MR) is 118 cm³/mol. The molecule has 0 aromatic heterocycles. The monoisotopic (exact) mass is 437 g/mol. The Morgan fingerprint density at radius 2 is 1.78 bits per heavy atom. The van der Waals surface area contributed by atoms with Crippen LogP contribution in [0.25, 0.3) is 0 Å². The Morgan fingerprint density at radius 1 is 1.06 bits per heavy atom. The minimum Gasteiger partial charge on any atom is -0.491 e. The number of rotatable bonds is 4. The lowest BCUT2D eigenvalue weighted by Crippen LogP contribution is -2.42. The fourth-order valence-electron chi connectivity index (χ4n) is 4.72. The quantitative estimate of drug-likeness (QED) is 0.536. The second-order valence-electron chi connectivity index (χ2n) is 8.57. The van der Waals surface area contributed by atoms with Crippen molar-refractivity contribution in [1.82, 2.24) is 4.90 Å². The van der Waals surface area contributed by atoms with Gasteiger partial charge in [-0.25, -0.2) is 4.79 Å². The van der Waals surface area contributed by atoms with Crippen molar-refractivity contribution in [3.63, 3.8) is 0 Å². The highest BCUT2D eigenvalue weighted by atomic mass is 16.5. The molecule has 168 valence electrons. The molecule has 4 rings (SSSR count). The zero-order valence-corrected chi connectivity index (χ0v) is 18.5. The number of amides is 1. The summed E-state index contributed by atoms with van der Waals surface area (Å²) in [4.78, 5) is 39.2. The van der Waals surface area contributed by atoms with E-state index in [1.165, 1.54) is 7.11 Å². The van der Waals surface area contributed by atoms with E-state index in [2.05, 4.69) is 0 Å². The van der Waals surface area contributed by atoms with Crippen LogP contribution in [0.15, 0.2) is 48.5 Å². The lowest BCUT2D eigenvalue weighted by Gasteiger charge is -2.34. The summed E-state index contributed by atoms with van der Waals surface area (Å²) in [6, 6.07) is 14.9. The van der Waals surface area contributed by atoms with Gasteiger partial charge >= 0.3 is 5.97 Å². The van der Waals surface area contributed by atoms with Gasteiger partial charge in [-0.05, 0) is 35.3 Å². The highest BCUT2D eigenvalue weighted by Gasteiger charge is 2.38. The van der Waals surface area contributed by atoms with Crippen molar-refractivity contribution < 1.29 is 23.8 Å². The van der Waals surface area contributed by atoms with Crippen LogP contribution in [0.4, 0.5) is 0 Å². The number of carbonyl (C=O) groups excluding carboxylic acids is 2. The fourth-order valence-corrected chi connectivity index (χ4v) is 4.72. The Kier molecular flexibility index (Phi) is 6.53. The third kappa shape index (κ3) is 4.52. The van der Waals surface area contributed by atoms with Crippen molar-refractivity contribution in [3.05, 3.63) is 70.1 Å². The van der Waals surface area contributed by atoms with E-state index in [1.54, 1.807) is 19.2 Å². The van der Waals surface area contributed by atoms with Gasteiger partial charge in [0.2, 0.25) is 11.9 Å². The van der Waals surface area contributed by atoms with E-state index >= 15 is 0 Å². The summed E-state index contributed by atoms with van der Waals surface area (Å²) in [5, 5.41) is 0. The third-order valence-corrected chi connectivity index (χ3v) is 6.63. The van der Waals surface area contributed by atoms with E-state index in [0.717, 1.165) is 28.7 Å². The highest BCUT2D eigenvalue weighted by Crippen LogP contribution is 2.36. The van der Waals surface area contributed by atoms with E-state index in [0.29, 0.717) is 37.3 Å². The zero-order chi connectivity index (χ0) is 22.7. The van der Waals surface area contributed by atoms with E-state index in [9.17, 15) is 14.5 Å². The molecule has 7 nitrogen and oxygen atoms in total. The lowest BCUT2D eigenvalue weighted by atomic mass is 9.84. The molecule has 1 aliphatic heterocycles. The Morgan fingerprint density at radius 3 is 2.44 bits per heavy atom. The van der Waals surface area contributed by atoms with Crippen molar-refractivity contribution in [2.75, 3.05) is 20.8 Å². The molecule has 1 saturated carbocycles. The van der Waals surface area contributed by atoms with E-state index in [1.807, 2.05) is 41.3 Å². The minimum absolute atomic E-state index is 0.00564. The summed E-state index contributed by atoms with van der Waals surface area (Å²) in [6.45, 7) is 0.697. The molecule has 1 heterocycles. The predicted octanol–water partition coefficient (Wildman–Crippen LogP) is 3.90. The summed E-state index contributed by atoms with van der Waals surface area (Å²) in [6.07, 6.45) is 2.89. The van der Waals surface area contributed by atoms with Gasteiger partial charge in [0.1, 0.15) is 12.4 Å². The van der Waals surface area contributed by atoms with Crippen molar-refractivity contribution in [2.24, 2.45) is 5.92 Å². The molecule has 0 unspecified atom stereocenters. The standard InChI is InChI=1S/C25H29N2O5/c1-26(30)21-12-10-18(11-13-21)24(28)27-15-20-9-8-19(25(29)31-2)14-23(20)32-16-22(27)17-6-4-3-5-7-17/h3-9,14,18,21-22H,10-13,15-16H2,1-2H3/q+1/t18?,21?,22-/m1/s1. The van der Waals surface area contributed by atoms with Gasteiger partial charge in [0.15, 0.2) is 7.05 Å². The van der Waals surface area contributed by atoms with Gasteiger partial charge in [0, 0.05) is 29.2 Å². The van der Waals surface area contributed by atoms with Crippen LogP contribution < -0.4 is 4.74 Å². The molecule has 0 radical (unpaired) electrons. The molecule has 0 saturated heterocycles. The SMILES string of the molecule is COC(=O)c1ccc2c(c1)OC[C@H](c1ccccc1)N(C(=O)C1CCC([N+](C)=O)CC1)C2. The molecule has 0 N–H and O–H groups in total. The largest absolute Gasteiger partial charge is 0.491 e.